The average Bonchev–Trinajstić information content (AvgIpc) is 3.25. The number of aliphatic imine (C=N–C) groups is 1. The Kier molecular flexibility index (Phi) is 8.62. The van der Waals surface area contributed by atoms with Gasteiger partial charge in [-0.05, 0) is 63.6 Å². The Morgan fingerprint density at radius 2 is 2.00 bits per heavy atom. The van der Waals surface area contributed by atoms with Crippen molar-refractivity contribution in [1.82, 2.24) is 10.6 Å². The van der Waals surface area contributed by atoms with Crippen molar-refractivity contribution >= 4 is 40.7 Å². The van der Waals surface area contributed by atoms with Crippen molar-refractivity contribution in [2.75, 3.05) is 25.1 Å². The number of rotatable bonds is 9. The van der Waals surface area contributed by atoms with E-state index in [4.69, 9.17) is 22.1 Å². The highest BCUT2D eigenvalue weighted by molar-refractivity contribution is 6.47. The molecule has 34 heavy (non-hydrogen) atoms. The van der Waals surface area contributed by atoms with E-state index in [0.717, 1.165) is 6.07 Å². The quantitative estimate of drug-likeness (QED) is 0.388. The van der Waals surface area contributed by atoms with E-state index < -0.39 is 23.2 Å². The third kappa shape index (κ3) is 5.73. The Balaban J connectivity index is 1.63. The number of hydrogen-bond acceptors (Lipinski definition) is 6. The highest BCUT2D eigenvalue weighted by Gasteiger charge is 2.54. The van der Waals surface area contributed by atoms with E-state index in [1.807, 2.05) is 13.8 Å². The molecule has 2 aliphatic rings. The first-order chi connectivity index (χ1) is 16.1. The summed E-state index contributed by atoms with van der Waals surface area (Å²) in [5.41, 5.74) is 4.84. The number of halogens is 2. The molecule has 1 aromatic carbocycles. The Bertz CT molecular complexity index is 965. The molecule has 1 saturated carbocycles. The molecule has 0 bridgehead atoms. The molecule has 1 fully saturated rings. The van der Waals surface area contributed by atoms with E-state index in [2.05, 4.69) is 20.9 Å². The van der Waals surface area contributed by atoms with Crippen LogP contribution < -0.4 is 21.7 Å². The standard InChI is InChI=1S/C23H31ClFN5O4/c1-13(2)34-10-9-27-21(32)19-23(22(26)33,29-12-28-19)15-5-3-14(4-6-15)20(31)30-18-8-7-16(25)11-17(18)24/h7-8,11,13-15,29H,3-6,9-10,12H2,1-2H3,(H2,26,33)(H,27,32)(H,30,31). The largest absolute Gasteiger partial charge is 0.377 e. The number of primary amides is 1. The van der Waals surface area contributed by atoms with Crippen LogP contribution in [0, 0.1) is 17.7 Å². The third-order valence-corrected chi connectivity index (χ3v) is 6.62. The zero-order valence-electron chi connectivity index (χ0n) is 19.3. The molecule has 1 aliphatic heterocycles. The highest BCUT2D eigenvalue weighted by Crippen LogP contribution is 2.38. The second kappa shape index (κ2) is 11.2. The summed E-state index contributed by atoms with van der Waals surface area (Å²) in [7, 11) is 0. The van der Waals surface area contributed by atoms with Crippen LogP contribution in [0.25, 0.3) is 0 Å². The Morgan fingerprint density at radius 1 is 1.29 bits per heavy atom. The summed E-state index contributed by atoms with van der Waals surface area (Å²) in [6, 6.07) is 3.78. The van der Waals surface area contributed by atoms with Crippen molar-refractivity contribution in [2.24, 2.45) is 22.6 Å². The molecule has 0 radical (unpaired) electrons. The second-order valence-corrected chi connectivity index (χ2v) is 9.26. The number of benzene rings is 1. The maximum atomic E-state index is 13.3. The normalized spacial score (nSPS) is 24.6. The molecule has 5 N–H and O–H groups in total. The van der Waals surface area contributed by atoms with Crippen LogP contribution in [0.1, 0.15) is 39.5 Å². The molecule has 3 rings (SSSR count). The van der Waals surface area contributed by atoms with Crippen molar-refractivity contribution in [2.45, 2.75) is 51.2 Å². The SMILES string of the molecule is CC(C)OCCNC(=O)C1=NCNC1(C(N)=O)C1CCC(C(=O)Nc2ccc(F)cc2Cl)CC1. The summed E-state index contributed by atoms with van der Waals surface area (Å²) in [6.07, 6.45) is 2.01. The minimum Gasteiger partial charge on any atom is -0.377 e. The minimum absolute atomic E-state index is 0.0403. The monoisotopic (exact) mass is 495 g/mol. The van der Waals surface area contributed by atoms with Crippen LogP contribution in [-0.4, -0.2) is 54.9 Å². The van der Waals surface area contributed by atoms with E-state index in [-0.39, 0.29) is 47.8 Å². The van der Waals surface area contributed by atoms with Crippen LogP contribution >= 0.6 is 11.6 Å². The van der Waals surface area contributed by atoms with Gasteiger partial charge in [0.05, 0.1) is 30.1 Å². The van der Waals surface area contributed by atoms with Crippen molar-refractivity contribution in [1.29, 1.82) is 0 Å². The molecule has 9 nitrogen and oxygen atoms in total. The number of carbonyl (C=O) groups is 3. The number of amides is 3. The molecule has 11 heteroatoms. The fourth-order valence-electron chi connectivity index (χ4n) is 4.60. The lowest BCUT2D eigenvalue weighted by molar-refractivity contribution is -0.126. The Morgan fingerprint density at radius 3 is 2.62 bits per heavy atom. The Labute approximate surface area is 203 Å². The average molecular weight is 496 g/mol. The van der Waals surface area contributed by atoms with Gasteiger partial charge in [-0.15, -0.1) is 0 Å². The van der Waals surface area contributed by atoms with Crippen molar-refractivity contribution in [3.63, 3.8) is 0 Å². The first-order valence-electron chi connectivity index (χ1n) is 11.4. The second-order valence-electron chi connectivity index (χ2n) is 8.85. The summed E-state index contributed by atoms with van der Waals surface area (Å²) in [5, 5.41) is 8.66. The number of ether oxygens (including phenoxy) is 1. The minimum atomic E-state index is -1.38. The molecule has 0 spiro atoms. The fourth-order valence-corrected chi connectivity index (χ4v) is 4.82. The molecular weight excluding hydrogens is 465 g/mol. The fraction of sp³-hybridized carbons (Fsp3) is 0.565. The van der Waals surface area contributed by atoms with Crippen LogP contribution in [0.3, 0.4) is 0 Å². The van der Waals surface area contributed by atoms with Crippen molar-refractivity contribution in [3.05, 3.63) is 29.0 Å². The van der Waals surface area contributed by atoms with Gasteiger partial charge in [0, 0.05) is 12.5 Å². The summed E-state index contributed by atoms with van der Waals surface area (Å²) >= 11 is 6.01. The van der Waals surface area contributed by atoms with Gasteiger partial charge in [-0.25, -0.2) is 4.39 Å². The van der Waals surface area contributed by atoms with Crippen LogP contribution in [0.2, 0.25) is 5.02 Å². The third-order valence-electron chi connectivity index (χ3n) is 6.31. The Hall–Kier alpha value is -2.56. The summed E-state index contributed by atoms with van der Waals surface area (Å²) in [6.45, 7) is 4.53. The zero-order chi connectivity index (χ0) is 24.9. The molecule has 1 heterocycles. The molecule has 0 aromatic heterocycles. The lowest BCUT2D eigenvalue weighted by atomic mass is 9.69. The van der Waals surface area contributed by atoms with E-state index in [1.54, 1.807) is 0 Å². The smallest absolute Gasteiger partial charge is 0.267 e. The number of nitrogens with zero attached hydrogens (tertiary/aromatic N) is 1. The van der Waals surface area contributed by atoms with Gasteiger partial charge in [-0.2, -0.15) is 0 Å². The van der Waals surface area contributed by atoms with Gasteiger partial charge in [0.15, 0.2) is 0 Å². The van der Waals surface area contributed by atoms with E-state index in [0.29, 0.717) is 38.0 Å². The number of anilines is 1. The van der Waals surface area contributed by atoms with Gasteiger partial charge < -0.3 is 21.1 Å². The number of nitrogens with one attached hydrogen (secondary N) is 3. The first-order valence-corrected chi connectivity index (χ1v) is 11.8. The van der Waals surface area contributed by atoms with Gasteiger partial charge >= 0.3 is 0 Å². The number of carbonyl (C=O) groups excluding carboxylic acids is 3. The van der Waals surface area contributed by atoms with E-state index >= 15 is 0 Å². The van der Waals surface area contributed by atoms with Gasteiger partial charge in [0.2, 0.25) is 11.8 Å². The molecule has 1 aliphatic carbocycles. The highest BCUT2D eigenvalue weighted by atomic mass is 35.5. The zero-order valence-corrected chi connectivity index (χ0v) is 20.1. The van der Waals surface area contributed by atoms with Gasteiger partial charge in [0.25, 0.3) is 5.91 Å². The number of hydrogen-bond donors (Lipinski definition) is 4. The van der Waals surface area contributed by atoms with Crippen LogP contribution in [-0.2, 0) is 19.1 Å². The topological polar surface area (TPSA) is 135 Å². The van der Waals surface area contributed by atoms with Gasteiger partial charge in [-0.1, -0.05) is 11.6 Å². The molecule has 1 atom stereocenters. The lowest BCUT2D eigenvalue weighted by Crippen LogP contribution is -2.66. The number of nitrogens with two attached hydrogens (primary N) is 1. The predicted molar refractivity (Wildman–Crippen MR) is 127 cm³/mol. The molecular formula is C23H31ClFN5O4. The van der Waals surface area contributed by atoms with E-state index in [9.17, 15) is 18.8 Å². The lowest BCUT2D eigenvalue weighted by Gasteiger charge is -2.39. The maximum Gasteiger partial charge on any atom is 0.267 e. The van der Waals surface area contributed by atoms with E-state index in [1.165, 1.54) is 12.1 Å². The van der Waals surface area contributed by atoms with Crippen LogP contribution in [0.4, 0.5) is 10.1 Å². The molecule has 1 unspecified atom stereocenters. The van der Waals surface area contributed by atoms with Crippen LogP contribution in [0.15, 0.2) is 23.2 Å². The summed E-state index contributed by atoms with van der Waals surface area (Å²) in [4.78, 5) is 42.5. The molecule has 186 valence electrons. The maximum absolute atomic E-state index is 13.3. The molecule has 0 saturated heterocycles. The summed E-state index contributed by atoms with van der Waals surface area (Å²) < 4.78 is 18.7. The van der Waals surface area contributed by atoms with Gasteiger partial charge in [-0.3, -0.25) is 24.7 Å². The first kappa shape index (κ1) is 26.1. The molecule has 1 aromatic rings. The van der Waals surface area contributed by atoms with Crippen molar-refractivity contribution in [3.8, 4) is 0 Å². The van der Waals surface area contributed by atoms with Crippen LogP contribution in [0.5, 0.6) is 0 Å². The summed E-state index contributed by atoms with van der Waals surface area (Å²) in [5.74, 6) is -2.44. The molecule has 3 amide bonds. The predicted octanol–water partition coefficient (Wildman–Crippen LogP) is 1.99. The van der Waals surface area contributed by atoms with Crippen molar-refractivity contribution < 1.29 is 23.5 Å². The van der Waals surface area contributed by atoms with Gasteiger partial charge in [0.1, 0.15) is 17.1 Å².